The molecular formula is C11H17N3O2. The molecule has 1 saturated heterocycles. The Hall–Kier alpha value is -1.36. The van der Waals surface area contributed by atoms with Crippen LogP contribution in [-0.4, -0.2) is 28.9 Å². The molecule has 5 heteroatoms. The van der Waals surface area contributed by atoms with E-state index >= 15 is 0 Å². The van der Waals surface area contributed by atoms with E-state index in [2.05, 4.69) is 10.4 Å². The van der Waals surface area contributed by atoms with Crippen LogP contribution in [0.1, 0.15) is 19.8 Å². The predicted molar refractivity (Wildman–Crippen MR) is 60.1 cm³/mol. The van der Waals surface area contributed by atoms with E-state index in [1.165, 1.54) is 0 Å². The van der Waals surface area contributed by atoms with Crippen molar-refractivity contribution in [2.45, 2.75) is 26.3 Å². The molecule has 88 valence electrons. The van der Waals surface area contributed by atoms with Gasteiger partial charge < -0.3 is 10.1 Å². The van der Waals surface area contributed by atoms with Crippen molar-refractivity contribution >= 4 is 11.7 Å². The van der Waals surface area contributed by atoms with Crippen LogP contribution in [0, 0.1) is 5.92 Å². The summed E-state index contributed by atoms with van der Waals surface area (Å²) in [7, 11) is 0. The summed E-state index contributed by atoms with van der Waals surface area (Å²) in [4.78, 5) is 11.3. The number of rotatable bonds is 4. The van der Waals surface area contributed by atoms with E-state index in [0.29, 0.717) is 12.3 Å². The monoisotopic (exact) mass is 223 g/mol. The van der Waals surface area contributed by atoms with Crippen molar-refractivity contribution in [2.24, 2.45) is 5.92 Å². The van der Waals surface area contributed by atoms with Crippen LogP contribution < -0.4 is 5.32 Å². The third kappa shape index (κ3) is 2.61. The van der Waals surface area contributed by atoms with E-state index in [4.69, 9.17) is 4.74 Å². The Kier molecular flexibility index (Phi) is 3.56. The normalized spacial score (nSPS) is 19.9. The molecular weight excluding hydrogens is 206 g/mol. The number of hydrogen-bond donors (Lipinski definition) is 1. The third-order valence-corrected chi connectivity index (χ3v) is 2.76. The molecule has 0 bridgehead atoms. The van der Waals surface area contributed by atoms with Crippen LogP contribution >= 0.6 is 0 Å². The highest BCUT2D eigenvalue weighted by molar-refractivity contribution is 5.89. The molecule has 2 heterocycles. The SMILES string of the molecule is CCC(=O)Nc1ccnn1CC1CCOC1. The van der Waals surface area contributed by atoms with Gasteiger partial charge in [0.05, 0.1) is 12.8 Å². The fraction of sp³-hybridized carbons (Fsp3) is 0.636. The minimum atomic E-state index is 0.0180. The lowest BCUT2D eigenvalue weighted by molar-refractivity contribution is -0.115. The Morgan fingerprint density at radius 2 is 2.62 bits per heavy atom. The lowest BCUT2D eigenvalue weighted by atomic mass is 10.1. The summed E-state index contributed by atoms with van der Waals surface area (Å²) in [5, 5.41) is 7.05. The van der Waals surface area contributed by atoms with Gasteiger partial charge in [-0.15, -0.1) is 0 Å². The van der Waals surface area contributed by atoms with Gasteiger partial charge in [0.2, 0.25) is 5.91 Å². The molecule has 1 amide bonds. The quantitative estimate of drug-likeness (QED) is 0.836. The molecule has 1 aliphatic heterocycles. The Morgan fingerprint density at radius 1 is 1.75 bits per heavy atom. The molecule has 0 aliphatic carbocycles. The van der Waals surface area contributed by atoms with Gasteiger partial charge in [-0.05, 0) is 6.42 Å². The van der Waals surface area contributed by atoms with Crippen LogP contribution in [-0.2, 0) is 16.1 Å². The molecule has 0 aromatic carbocycles. The highest BCUT2D eigenvalue weighted by Gasteiger charge is 2.17. The Morgan fingerprint density at radius 3 is 3.31 bits per heavy atom. The van der Waals surface area contributed by atoms with Gasteiger partial charge in [-0.3, -0.25) is 4.79 Å². The van der Waals surface area contributed by atoms with Crippen molar-refractivity contribution < 1.29 is 9.53 Å². The van der Waals surface area contributed by atoms with Gasteiger partial charge in [0, 0.05) is 31.6 Å². The molecule has 5 nitrogen and oxygen atoms in total. The lowest BCUT2D eigenvalue weighted by Gasteiger charge is -2.11. The van der Waals surface area contributed by atoms with Crippen LogP contribution in [0.2, 0.25) is 0 Å². The Bertz CT molecular complexity index is 356. The van der Waals surface area contributed by atoms with Crippen LogP contribution in [0.5, 0.6) is 0 Å². The highest BCUT2D eigenvalue weighted by atomic mass is 16.5. The van der Waals surface area contributed by atoms with Crippen LogP contribution in [0.15, 0.2) is 12.3 Å². The van der Waals surface area contributed by atoms with Crippen molar-refractivity contribution in [2.75, 3.05) is 18.5 Å². The van der Waals surface area contributed by atoms with Gasteiger partial charge in [0.25, 0.3) is 0 Å². The zero-order valence-corrected chi connectivity index (χ0v) is 9.48. The number of carbonyl (C=O) groups is 1. The molecule has 0 saturated carbocycles. The van der Waals surface area contributed by atoms with E-state index in [1.807, 2.05) is 17.7 Å². The van der Waals surface area contributed by atoms with E-state index in [-0.39, 0.29) is 5.91 Å². The van der Waals surface area contributed by atoms with Crippen LogP contribution in [0.4, 0.5) is 5.82 Å². The van der Waals surface area contributed by atoms with Gasteiger partial charge in [-0.1, -0.05) is 6.92 Å². The number of aromatic nitrogens is 2. The second-order valence-electron chi connectivity index (χ2n) is 4.03. The molecule has 1 N–H and O–H groups in total. The average molecular weight is 223 g/mol. The number of ether oxygens (including phenoxy) is 1. The number of nitrogens with zero attached hydrogens (tertiary/aromatic N) is 2. The minimum Gasteiger partial charge on any atom is -0.381 e. The van der Waals surface area contributed by atoms with Gasteiger partial charge >= 0.3 is 0 Å². The van der Waals surface area contributed by atoms with E-state index < -0.39 is 0 Å². The van der Waals surface area contributed by atoms with Crippen LogP contribution in [0.25, 0.3) is 0 Å². The zero-order chi connectivity index (χ0) is 11.4. The first-order chi connectivity index (χ1) is 7.79. The summed E-state index contributed by atoms with van der Waals surface area (Å²) >= 11 is 0. The van der Waals surface area contributed by atoms with Gasteiger partial charge in [0.15, 0.2) is 0 Å². The number of carbonyl (C=O) groups excluding carboxylic acids is 1. The summed E-state index contributed by atoms with van der Waals surface area (Å²) in [6, 6.07) is 1.82. The second kappa shape index (κ2) is 5.12. The van der Waals surface area contributed by atoms with Gasteiger partial charge in [-0.2, -0.15) is 5.10 Å². The molecule has 1 fully saturated rings. The van der Waals surface area contributed by atoms with Crippen LogP contribution in [0.3, 0.4) is 0 Å². The van der Waals surface area contributed by atoms with Crippen molar-refractivity contribution in [3.8, 4) is 0 Å². The standard InChI is InChI=1S/C11H17N3O2/c1-2-11(15)13-10-3-5-12-14(10)7-9-4-6-16-8-9/h3,5,9H,2,4,6-8H2,1H3,(H,13,15). The predicted octanol–water partition coefficient (Wildman–Crippen LogP) is 1.27. The number of anilines is 1. The Labute approximate surface area is 94.8 Å². The lowest BCUT2D eigenvalue weighted by Crippen LogP contribution is -2.18. The van der Waals surface area contributed by atoms with Crippen molar-refractivity contribution in [3.63, 3.8) is 0 Å². The third-order valence-electron chi connectivity index (χ3n) is 2.76. The molecule has 1 aromatic heterocycles. The summed E-state index contributed by atoms with van der Waals surface area (Å²) in [5.74, 6) is 1.31. The smallest absolute Gasteiger partial charge is 0.225 e. The summed E-state index contributed by atoms with van der Waals surface area (Å²) < 4.78 is 7.16. The second-order valence-corrected chi connectivity index (χ2v) is 4.03. The maximum absolute atomic E-state index is 11.3. The van der Waals surface area contributed by atoms with E-state index in [9.17, 15) is 4.79 Å². The van der Waals surface area contributed by atoms with Crippen molar-refractivity contribution in [3.05, 3.63) is 12.3 Å². The first kappa shape index (κ1) is 11.1. The van der Waals surface area contributed by atoms with Gasteiger partial charge in [-0.25, -0.2) is 4.68 Å². The average Bonchev–Trinajstić information content (AvgIpc) is 2.92. The van der Waals surface area contributed by atoms with E-state index in [0.717, 1.165) is 32.0 Å². The van der Waals surface area contributed by atoms with Gasteiger partial charge in [0.1, 0.15) is 5.82 Å². The zero-order valence-electron chi connectivity index (χ0n) is 9.48. The fourth-order valence-electron chi connectivity index (χ4n) is 1.79. The molecule has 2 rings (SSSR count). The van der Waals surface area contributed by atoms with Crippen molar-refractivity contribution in [1.29, 1.82) is 0 Å². The molecule has 16 heavy (non-hydrogen) atoms. The minimum absolute atomic E-state index is 0.0180. The number of amides is 1. The first-order valence-electron chi connectivity index (χ1n) is 5.69. The topological polar surface area (TPSA) is 56.2 Å². The summed E-state index contributed by atoms with van der Waals surface area (Å²) in [6.45, 7) is 4.27. The number of nitrogens with one attached hydrogen (secondary N) is 1. The molecule has 1 atom stereocenters. The molecule has 0 radical (unpaired) electrons. The summed E-state index contributed by atoms with van der Waals surface area (Å²) in [6.07, 6.45) is 3.26. The largest absolute Gasteiger partial charge is 0.381 e. The molecule has 1 unspecified atom stereocenters. The maximum Gasteiger partial charge on any atom is 0.225 e. The summed E-state index contributed by atoms with van der Waals surface area (Å²) in [5.41, 5.74) is 0. The first-order valence-corrected chi connectivity index (χ1v) is 5.69. The number of hydrogen-bond acceptors (Lipinski definition) is 3. The van der Waals surface area contributed by atoms with E-state index in [1.54, 1.807) is 6.20 Å². The molecule has 1 aliphatic rings. The highest BCUT2D eigenvalue weighted by Crippen LogP contribution is 2.17. The maximum atomic E-state index is 11.3. The van der Waals surface area contributed by atoms with Crippen molar-refractivity contribution in [1.82, 2.24) is 9.78 Å². The molecule has 0 spiro atoms. The molecule has 1 aromatic rings. The fourth-order valence-corrected chi connectivity index (χ4v) is 1.79. The Balaban J connectivity index is 1.97.